The van der Waals surface area contributed by atoms with E-state index >= 15 is 0 Å². The van der Waals surface area contributed by atoms with Crippen molar-refractivity contribution in [2.75, 3.05) is 26.2 Å². The van der Waals surface area contributed by atoms with Crippen molar-refractivity contribution in [3.8, 4) is 0 Å². The monoisotopic (exact) mass is 756 g/mol. The summed E-state index contributed by atoms with van der Waals surface area (Å²) in [6.45, 7) is 6.77. The predicted molar refractivity (Wildman–Crippen MR) is 213 cm³/mol. The lowest BCUT2D eigenvalue weighted by Crippen LogP contribution is -2.24. The van der Waals surface area contributed by atoms with Crippen LogP contribution in [0.25, 0.3) is 0 Å². The lowest BCUT2D eigenvalue weighted by Gasteiger charge is -2.04. The van der Waals surface area contributed by atoms with E-state index in [0.29, 0.717) is 13.1 Å². The minimum Gasteiger partial charge on any atom is -0.395 e. The van der Waals surface area contributed by atoms with Crippen LogP contribution >= 0.6 is 0 Å². The van der Waals surface area contributed by atoms with Gasteiger partial charge in [-0.05, 0) is 61.1 Å². The standard InChI is InChI=1S/2C18H30O3S.C4H12N2O/c2*1-2-3-4-5-6-7-8-9-10-11-12-17-13-15-18(16-14-17)22(19,20)21;5-1-2-6-3-4-7/h2*13-16H,2-12H2,1H3,(H,19,20,21);6-7H,1-5H2. The molecule has 0 unspecified atom stereocenters. The van der Waals surface area contributed by atoms with E-state index in [9.17, 15) is 16.8 Å². The first-order valence-electron chi connectivity index (χ1n) is 19.6. The van der Waals surface area contributed by atoms with Gasteiger partial charge < -0.3 is 16.2 Å². The Morgan fingerprint density at radius 2 is 0.784 bits per heavy atom. The third kappa shape index (κ3) is 30.3. The van der Waals surface area contributed by atoms with E-state index in [4.69, 9.17) is 19.9 Å². The molecule has 0 spiro atoms. The summed E-state index contributed by atoms with van der Waals surface area (Å²) in [6, 6.07) is 13.0. The van der Waals surface area contributed by atoms with E-state index in [0.717, 1.165) is 43.4 Å². The van der Waals surface area contributed by atoms with Crippen LogP contribution in [0.3, 0.4) is 0 Å². The number of hydrogen-bond donors (Lipinski definition) is 5. The third-order valence-electron chi connectivity index (χ3n) is 8.69. The Morgan fingerprint density at radius 3 is 1.04 bits per heavy atom. The molecule has 0 aliphatic carbocycles. The van der Waals surface area contributed by atoms with Gasteiger partial charge in [-0.25, -0.2) is 0 Å². The zero-order chi connectivity index (χ0) is 38.1. The summed E-state index contributed by atoms with van der Waals surface area (Å²) in [5.41, 5.74) is 7.39. The molecule has 0 bridgehead atoms. The molecule has 51 heavy (non-hydrogen) atoms. The zero-order valence-electron chi connectivity index (χ0n) is 31.9. The maximum atomic E-state index is 10.9. The molecule has 9 nitrogen and oxygen atoms in total. The van der Waals surface area contributed by atoms with Crippen molar-refractivity contribution in [2.45, 2.75) is 165 Å². The maximum absolute atomic E-state index is 10.9. The topological polar surface area (TPSA) is 167 Å². The number of hydrogen-bond acceptors (Lipinski definition) is 7. The van der Waals surface area contributed by atoms with E-state index in [1.165, 1.54) is 140 Å². The molecule has 0 aliphatic heterocycles. The van der Waals surface area contributed by atoms with Crippen LogP contribution in [0.15, 0.2) is 58.3 Å². The number of benzene rings is 2. The summed E-state index contributed by atoms with van der Waals surface area (Å²) in [7, 11) is -8.13. The maximum Gasteiger partial charge on any atom is 0.294 e. The minimum absolute atomic E-state index is 0.0284. The van der Waals surface area contributed by atoms with Gasteiger partial charge in [0.25, 0.3) is 20.2 Å². The van der Waals surface area contributed by atoms with Gasteiger partial charge in [-0.15, -0.1) is 0 Å². The minimum atomic E-state index is -4.06. The van der Waals surface area contributed by atoms with Gasteiger partial charge in [0.1, 0.15) is 0 Å². The fraction of sp³-hybridized carbons (Fsp3) is 0.700. The molecule has 296 valence electrons. The summed E-state index contributed by atoms with van der Waals surface area (Å²) in [6.07, 6.45) is 28.3. The second-order valence-corrected chi connectivity index (χ2v) is 16.2. The van der Waals surface area contributed by atoms with E-state index in [1.807, 2.05) is 0 Å². The molecule has 0 heterocycles. The molecule has 6 N–H and O–H groups in total. The molecule has 0 aromatic heterocycles. The number of aliphatic hydroxyl groups is 1. The molecular weight excluding hydrogens is 685 g/mol. The zero-order valence-corrected chi connectivity index (χ0v) is 33.5. The second-order valence-electron chi connectivity index (χ2n) is 13.4. The molecule has 0 atom stereocenters. The summed E-state index contributed by atoms with van der Waals surface area (Å²) in [4.78, 5) is -0.0568. The first kappa shape index (κ1) is 49.1. The smallest absolute Gasteiger partial charge is 0.294 e. The first-order chi connectivity index (χ1) is 24.5. The van der Waals surface area contributed by atoms with Crippen molar-refractivity contribution in [3.05, 3.63) is 59.7 Å². The van der Waals surface area contributed by atoms with Crippen molar-refractivity contribution in [2.24, 2.45) is 5.73 Å². The lowest BCUT2D eigenvalue weighted by molar-refractivity contribution is 0.293. The number of unbranched alkanes of at least 4 members (excludes halogenated alkanes) is 18. The highest BCUT2D eigenvalue weighted by atomic mass is 32.2. The first-order valence-corrected chi connectivity index (χ1v) is 22.5. The van der Waals surface area contributed by atoms with Crippen LogP contribution in [0.5, 0.6) is 0 Å². The average molecular weight is 757 g/mol. The molecular formula is C40H72N2O7S2. The molecule has 2 rings (SSSR count). The SMILES string of the molecule is CCCCCCCCCCCCc1ccc(S(=O)(=O)O)cc1.CCCCCCCCCCCCc1ccc(S(=O)(=O)O)cc1.NCCNCCO. The number of nitrogens with one attached hydrogen (secondary N) is 1. The quantitative estimate of drug-likeness (QED) is 0.0420. The van der Waals surface area contributed by atoms with Crippen molar-refractivity contribution in [1.82, 2.24) is 5.32 Å². The Morgan fingerprint density at radius 1 is 0.490 bits per heavy atom. The van der Waals surface area contributed by atoms with E-state index in [-0.39, 0.29) is 16.4 Å². The molecule has 2 aromatic carbocycles. The van der Waals surface area contributed by atoms with Crippen molar-refractivity contribution >= 4 is 20.2 Å². The molecule has 2 aromatic rings. The van der Waals surface area contributed by atoms with Crippen molar-refractivity contribution < 1.29 is 31.0 Å². The van der Waals surface area contributed by atoms with E-state index in [2.05, 4.69) is 19.2 Å². The number of nitrogens with two attached hydrogens (primary N) is 1. The van der Waals surface area contributed by atoms with Gasteiger partial charge in [0.05, 0.1) is 16.4 Å². The van der Waals surface area contributed by atoms with Crippen molar-refractivity contribution in [1.29, 1.82) is 0 Å². The second kappa shape index (κ2) is 32.8. The van der Waals surface area contributed by atoms with Crippen LogP contribution in [0.2, 0.25) is 0 Å². The highest BCUT2D eigenvalue weighted by Gasteiger charge is 2.09. The lowest BCUT2D eigenvalue weighted by atomic mass is 10.0. The summed E-state index contributed by atoms with van der Waals surface area (Å²) in [5.74, 6) is 0. The Kier molecular flexibility index (Phi) is 31.6. The van der Waals surface area contributed by atoms with Crippen LogP contribution < -0.4 is 11.1 Å². The Balaban J connectivity index is 0.000000827. The molecule has 0 saturated carbocycles. The van der Waals surface area contributed by atoms with Crippen molar-refractivity contribution in [3.63, 3.8) is 0 Å². The van der Waals surface area contributed by atoms with Crippen LogP contribution in [-0.4, -0.2) is 57.3 Å². The molecule has 0 fully saturated rings. The average Bonchev–Trinajstić information content (AvgIpc) is 3.10. The van der Waals surface area contributed by atoms with Crippen LogP contribution in [0.4, 0.5) is 0 Å². The molecule has 0 radical (unpaired) electrons. The van der Waals surface area contributed by atoms with Crippen LogP contribution in [0, 0.1) is 0 Å². The normalized spacial score (nSPS) is 11.4. The Bertz CT molecular complexity index is 1170. The fourth-order valence-corrected chi connectivity index (χ4v) is 6.56. The third-order valence-corrected chi connectivity index (χ3v) is 10.4. The van der Waals surface area contributed by atoms with Gasteiger partial charge in [-0.2, -0.15) is 16.8 Å². The highest BCUT2D eigenvalue weighted by Crippen LogP contribution is 2.16. The number of aliphatic hydroxyl groups excluding tert-OH is 1. The number of aryl methyl sites for hydroxylation is 2. The van der Waals surface area contributed by atoms with Gasteiger partial charge in [-0.3, -0.25) is 9.11 Å². The van der Waals surface area contributed by atoms with Crippen LogP contribution in [-0.2, 0) is 33.1 Å². The fourth-order valence-electron chi connectivity index (χ4n) is 5.60. The van der Waals surface area contributed by atoms with E-state index < -0.39 is 20.2 Å². The Labute approximate surface area is 312 Å². The summed E-state index contributed by atoms with van der Waals surface area (Å²) in [5, 5.41) is 11.1. The largest absolute Gasteiger partial charge is 0.395 e. The van der Waals surface area contributed by atoms with Gasteiger partial charge in [-0.1, -0.05) is 154 Å². The molecule has 0 saturated heterocycles. The van der Waals surface area contributed by atoms with Gasteiger partial charge in [0, 0.05) is 19.6 Å². The number of rotatable bonds is 28. The summed E-state index contributed by atoms with van der Waals surface area (Å²) >= 11 is 0. The highest BCUT2D eigenvalue weighted by molar-refractivity contribution is 7.86. The van der Waals surface area contributed by atoms with Gasteiger partial charge in [0.2, 0.25) is 0 Å². The summed E-state index contributed by atoms with van der Waals surface area (Å²) < 4.78 is 61.6. The molecule has 11 heteroatoms. The van der Waals surface area contributed by atoms with Gasteiger partial charge >= 0.3 is 0 Å². The van der Waals surface area contributed by atoms with E-state index in [1.54, 1.807) is 24.3 Å². The predicted octanol–water partition coefficient (Wildman–Crippen LogP) is 9.32. The molecule has 0 aliphatic rings. The van der Waals surface area contributed by atoms with Crippen LogP contribution in [0.1, 0.15) is 153 Å². The Hall–Kier alpha value is -1.86. The van der Waals surface area contributed by atoms with Gasteiger partial charge in [0.15, 0.2) is 0 Å². The molecule has 0 amide bonds.